The number of nitrogens with zero attached hydrogens (tertiary/aromatic N) is 1. The molecule has 0 unspecified atom stereocenters. The van der Waals surface area contributed by atoms with Gasteiger partial charge in [-0.05, 0) is 43.9 Å². The van der Waals surface area contributed by atoms with E-state index in [1.807, 2.05) is 0 Å². The molecule has 1 N–H and O–H groups in total. The fraction of sp³-hybridized carbons (Fsp3) is 0.571. The molecule has 16 heavy (non-hydrogen) atoms. The molecule has 1 saturated heterocycles. The summed E-state index contributed by atoms with van der Waals surface area (Å²) in [6.07, 6.45) is 5.26. The molecule has 0 aromatic heterocycles. The maximum Gasteiger partial charge on any atom is 0.0399 e. The molecule has 2 nitrogen and oxygen atoms in total. The van der Waals surface area contributed by atoms with E-state index in [1.54, 1.807) is 0 Å². The van der Waals surface area contributed by atoms with E-state index in [2.05, 4.69) is 34.5 Å². The Hall–Kier alpha value is -1.02. The molecule has 2 heterocycles. The topological polar surface area (TPSA) is 15.3 Å². The van der Waals surface area contributed by atoms with E-state index in [1.165, 1.54) is 56.6 Å². The van der Waals surface area contributed by atoms with Gasteiger partial charge in [0.05, 0.1) is 0 Å². The lowest BCUT2D eigenvalue weighted by molar-refractivity contribution is 0.564. The van der Waals surface area contributed by atoms with Gasteiger partial charge in [-0.1, -0.05) is 18.2 Å². The minimum atomic E-state index is 0.714. The number of rotatable bonds is 2. The standard InChI is InChI=1S/C14H20N2/c1-2-8-14-12(5-1)6-4-10-16(14)11-13-7-3-9-15-13/h1-2,5,8,13,15H,3-4,6-7,9-11H2/t13-/m1/s1. The second-order valence-electron chi connectivity index (χ2n) is 4.97. The van der Waals surface area contributed by atoms with E-state index >= 15 is 0 Å². The van der Waals surface area contributed by atoms with Crippen molar-refractivity contribution >= 4 is 5.69 Å². The van der Waals surface area contributed by atoms with Crippen LogP contribution in [0.25, 0.3) is 0 Å². The van der Waals surface area contributed by atoms with Gasteiger partial charge in [-0.2, -0.15) is 0 Å². The first-order chi connectivity index (χ1) is 7.93. The lowest BCUT2D eigenvalue weighted by Gasteiger charge is -2.33. The van der Waals surface area contributed by atoms with E-state index in [9.17, 15) is 0 Å². The molecule has 1 atom stereocenters. The highest BCUT2D eigenvalue weighted by atomic mass is 15.2. The molecule has 0 bridgehead atoms. The summed E-state index contributed by atoms with van der Waals surface area (Å²) in [7, 11) is 0. The Morgan fingerprint density at radius 1 is 1.25 bits per heavy atom. The summed E-state index contributed by atoms with van der Waals surface area (Å²) < 4.78 is 0. The van der Waals surface area contributed by atoms with Crippen LogP contribution >= 0.6 is 0 Å². The van der Waals surface area contributed by atoms with Gasteiger partial charge in [-0.25, -0.2) is 0 Å². The highest BCUT2D eigenvalue weighted by molar-refractivity contribution is 5.55. The predicted molar refractivity (Wildman–Crippen MR) is 68.0 cm³/mol. The average molecular weight is 216 g/mol. The largest absolute Gasteiger partial charge is 0.370 e. The van der Waals surface area contributed by atoms with Gasteiger partial charge in [-0.3, -0.25) is 0 Å². The van der Waals surface area contributed by atoms with Gasteiger partial charge in [0.1, 0.15) is 0 Å². The number of hydrogen-bond donors (Lipinski definition) is 1. The fourth-order valence-corrected chi connectivity index (χ4v) is 2.98. The third-order valence-electron chi connectivity index (χ3n) is 3.81. The molecule has 1 fully saturated rings. The van der Waals surface area contributed by atoms with E-state index in [0.29, 0.717) is 6.04 Å². The molecule has 3 rings (SSSR count). The summed E-state index contributed by atoms with van der Waals surface area (Å²) >= 11 is 0. The van der Waals surface area contributed by atoms with Crippen LogP contribution in [-0.2, 0) is 6.42 Å². The summed E-state index contributed by atoms with van der Waals surface area (Å²) in [6, 6.07) is 9.61. The first kappa shape index (κ1) is 10.2. The van der Waals surface area contributed by atoms with E-state index in [4.69, 9.17) is 0 Å². The Morgan fingerprint density at radius 2 is 2.19 bits per heavy atom. The molecule has 0 aliphatic carbocycles. The van der Waals surface area contributed by atoms with Crippen molar-refractivity contribution in [3.8, 4) is 0 Å². The zero-order valence-corrected chi connectivity index (χ0v) is 9.78. The first-order valence-corrected chi connectivity index (χ1v) is 6.50. The molecule has 2 heteroatoms. The second kappa shape index (κ2) is 4.46. The van der Waals surface area contributed by atoms with Crippen LogP contribution in [-0.4, -0.2) is 25.7 Å². The van der Waals surface area contributed by atoms with Crippen LogP contribution in [0.2, 0.25) is 0 Å². The number of anilines is 1. The molecule has 1 aromatic rings. The van der Waals surface area contributed by atoms with Crippen molar-refractivity contribution in [1.29, 1.82) is 0 Å². The molecular formula is C14H20N2. The fourth-order valence-electron chi connectivity index (χ4n) is 2.98. The monoisotopic (exact) mass is 216 g/mol. The first-order valence-electron chi connectivity index (χ1n) is 6.50. The Morgan fingerprint density at radius 3 is 3.06 bits per heavy atom. The van der Waals surface area contributed by atoms with Crippen molar-refractivity contribution in [3.05, 3.63) is 29.8 Å². The predicted octanol–water partition coefficient (Wildman–Crippen LogP) is 2.19. The zero-order valence-electron chi connectivity index (χ0n) is 9.78. The van der Waals surface area contributed by atoms with Crippen LogP contribution in [0.4, 0.5) is 5.69 Å². The van der Waals surface area contributed by atoms with Crippen LogP contribution in [0, 0.1) is 0 Å². The van der Waals surface area contributed by atoms with Gasteiger partial charge < -0.3 is 10.2 Å². The van der Waals surface area contributed by atoms with Crippen molar-refractivity contribution in [2.75, 3.05) is 24.5 Å². The van der Waals surface area contributed by atoms with Crippen molar-refractivity contribution < 1.29 is 0 Å². The van der Waals surface area contributed by atoms with Gasteiger partial charge in [0.25, 0.3) is 0 Å². The van der Waals surface area contributed by atoms with Crippen LogP contribution in [0.15, 0.2) is 24.3 Å². The van der Waals surface area contributed by atoms with Crippen LogP contribution in [0.5, 0.6) is 0 Å². The maximum absolute atomic E-state index is 3.59. The lowest BCUT2D eigenvalue weighted by atomic mass is 10.0. The second-order valence-corrected chi connectivity index (χ2v) is 4.97. The number of benzene rings is 1. The molecule has 0 spiro atoms. The molecular weight excluding hydrogens is 196 g/mol. The number of nitrogens with one attached hydrogen (secondary N) is 1. The smallest absolute Gasteiger partial charge is 0.0399 e. The van der Waals surface area contributed by atoms with Gasteiger partial charge >= 0.3 is 0 Å². The third kappa shape index (κ3) is 1.94. The minimum Gasteiger partial charge on any atom is -0.370 e. The Kier molecular flexibility index (Phi) is 2.83. The van der Waals surface area contributed by atoms with Gasteiger partial charge in [0.15, 0.2) is 0 Å². The van der Waals surface area contributed by atoms with Crippen molar-refractivity contribution in [1.82, 2.24) is 5.32 Å². The SMILES string of the molecule is c1ccc2c(c1)CCCN2C[C@H]1CCCN1. The van der Waals surface area contributed by atoms with Gasteiger partial charge in [0.2, 0.25) is 0 Å². The summed E-state index contributed by atoms with van der Waals surface area (Å²) in [4.78, 5) is 2.57. The van der Waals surface area contributed by atoms with Crippen molar-refractivity contribution in [2.45, 2.75) is 31.7 Å². The third-order valence-corrected chi connectivity index (χ3v) is 3.81. The summed E-state index contributed by atoms with van der Waals surface area (Å²) in [5.41, 5.74) is 3.01. The lowest BCUT2D eigenvalue weighted by Crippen LogP contribution is -2.40. The molecule has 0 amide bonds. The normalized spacial score (nSPS) is 24.5. The summed E-state index contributed by atoms with van der Waals surface area (Å²) in [5, 5.41) is 3.59. The number of para-hydroxylation sites is 1. The van der Waals surface area contributed by atoms with E-state index in [0.717, 1.165) is 0 Å². The van der Waals surface area contributed by atoms with Crippen LogP contribution < -0.4 is 10.2 Å². The average Bonchev–Trinajstić information content (AvgIpc) is 2.82. The highest BCUT2D eigenvalue weighted by Crippen LogP contribution is 2.27. The zero-order chi connectivity index (χ0) is 10.8. The summed E-state index contributed by atoms with van der Waals surface area (Å²) in [6.45, 7) is 3.63. The molecule has 1 aromatic carbocycles. The molecule has 2 aliphatic rings. The Labute approximate surface area is 97.6 Å². The van der Waals surface area contributed by atoms with Gasteiger partial charge in [0, 0.05) is 24.8 Å². The number of aryl methyl sites for hydroxylation is 1. The number of hydrogen-bond acceptors (Lipinski definition) is 2. The molecule has 0 radical (unpaired) electrons. The Balaban J connectivity index is 1.76. The number of fused-ring (bicyclic) bond motifs is 1. The molecule has 2 aliphatic heterocycles. The maximum atomic E-state index is 3.59. The molecule has 0 saturated carbocycles. The van der Waals surface area contributed by atoms with Crippen LogP contribution in [0.1, 0.15) is 24.8 Å². The van der Waals surface area contributed by atoms with Gasteiger partial charge in [-0.15, -0.1) is 0 Å². The van der Waals surface area contributed by atoms with Crippen LogP contribution in [0.3, 0.4) is 0 Å². The Bertz CT molecular complexity index is 356. The minimum absolute atomic E-state index is 0.714. The highest BCUT2D eigenvalue weighted by Gasteiger charge is 2.21. The molecule has 86 valence electrons. The summed E-state index contributed by atoms with van der Waals surface area (Å²) in [5.74, 6) is 0. The van der Waals surface area contributed by atoms with Crippen molar-refractivity contribution in [2.24, 2.45) is 0 Å². The van der Waals surface area contributed by atoms with E-state index < -0.39 is 0 Å². The van der Waals surface area contributed by atoms with Crippen molar-refractivity contribution in [3.63, 3.8) is 0 Å². The quantitative estimate of drug-likeness (QED) is 0.815. The van der Waals surface area contributed by atoms with E-state index in [-0.39, 0.29) is 0 Å².